The van der Waals surface area contributed by atoms with Crippen molar-refractivity contribution >= 4 is 11.8 Å². The number of hydrogen-bond acceptors (Lipinski definition) is 4. The second kappa shape index (κ2) is 8.33. The van der Waals surface area contributed by atoms with Gasteiger partial charge >= 0.3 is 0 Å². The molecule has 2 amide bonds. The van der Waals surface area contributed by atoms with Crippen LogP contribution in [0.3, 0.4) is 0 Å². The van der Waals surface area contributed by atoms with Gasteiger partial charge < -0.3 is 19.7 Å². The minimum Gasteiger partial charge on any atom is -0.486 e. The number of nitrogens with zero attached hydrogens (tertiary/aromatic N) is 1. The minimum absolute atomic E-state index is 0.00866. The highest BCUT2D eigenvalue weighted by atomic mass is 16.6. The first-order valence-electron chi connectivity index (χ1n) is 9.70. The van der Waals surface area contributed by atoms with Gasteiger partial charge in [0, 0.05) is 6.54 Å². The average molecular weight is 380 g/mol. The number of nitrogens with one attached hydrogen (secondary N) is 1. The number of fused-ring (bicyclic) bond motifs is 1. The molecule has 1 saturated heterocycles. The van der Waals surface area contributed by atoms with E-state index in [-0.39, 0.29) is 30.8 Å². The molecule has 1 atom stereocenters. The number of carbonyl (C=O) groups is 2. The van der Waals surface area contributed by atoms with E-state index in [1.807, 2.05) is 53.4 Å². The van der Waals surface area contributed by atoms with Gasteiger partial charge in [-0.15, -0.1) is 0 Å². The number of hydrogen-bond donors (Lipinski definition) is 1. The summed E-state index contributed by atoms with van der Waals surface area (Å²) < 4.78 is 11.2. The molecule has 0 bridgehead atoms. The van der Waals surface area contributed by atoms with Crippen LogP contribution in [0.1, 0.15) is 30.0 Å². The third kappa shape index (κ3) is 4.11. The van der Waals surface area contributed by atoms with Gasteiger partial charge in [-0.3, -0.25) is 9.59 Å². The van der Waals surface area contributed by atoms with Crippen LogP contribution in [-0.2, 0) is 16.0 Å². The number of likely N-dealkylation sites (tertiary alicyclic amines) is 1. The third-order valence-electron chi connectivity index (χ3n) is 5.17. The first-order chi connectivity index (χ1) is 13.7. The molecule has 6 heteroatoms. The highest BCUT2D eigenvalue weighted by molar-refractivity contribution is 5.86. The fourth-order valence-electron chi connectivity index (χ4n) is 3.80. The zero-order valence-electron chi connectivity index (χ0n) is 15.7. The Bertz CT molecular complexity index is 853. The van der Waals surface area contributed by atoms with Crippen molar-refractivity contribution in [3.8, 4) is 11.5 Å². The Kier molecular flexibility index (Phi) is 5.46. The van der Waals surface area contributed by atoms with Gasteiger partial charge in [-0.25, -0.2) is 0 Å². The topological polar surface area (TPSA) is 67.9 Å². The van der Waals surface area contributed by atoms with Crippen molar-refractivity contribution in [1.29, 1.82) is 0 Å². The molecule has 0 aliphatic carbocycles. The number of rotatable bonds is 5. The average Bonchev–Trinajstić information content (AvgIpc) is 3.22. The largest absolute Gasteiger partial charge is 0.486 e. The van der Waals surface area contributed by atoms with Gasteiger partial charge in [-0.2, -0.15) is 0 Å². The molecule has 2 aliphatic rings. The predicted molar refractivity (Wildman–Crippen MR) is 104 cm³/mol. The van der Waals surface area contributed by atoms with Crippen LogP contribution in [0, 0.1) is 0 Å². The maximum Gasteiger partial charge on any atom is 0.242 e. The Labute approximate surface area is 164 Å². The predicted octanol–water partition coefficient (Wildman–Crippen LogP) is 2.48. The zero-order valence-corrected chi connectivity index (χ0v) is 15.7. The summed E-state index contributed by atoms with van der Waals surface area (Å²) in [4.78, 5) is 26.7. The maximum atomic E-state index is 12.7. The van der Waals surface area contributed by atoms with Crippen LogP contribution in [0.25, 0.3) is 0 Å². The van der Waals surface area contributed by atoms with Crippen LogP contribution in [0.5, 0.6) is 11.5 Å². The summed E-state index contributed by atoms with van der Waals surface area (Å²) in [7, 11) is 0. The molecule has 6 nitrogen and oxygen atoms in total. The van der Waals surface area contributed by atoms with Crippen molar-refractivity contribution in [1.82, 2.24) is 10.2 Å². The van der Waals surface area contributed by atoms with E-state index in [0.717, 1.165) is 35.5 Å². The summed E-state index contributed by atoms with van der Waals surface area (Å²) in [5.74, 6) is 1.28. The molecule has 4 rings (SSSR count). The van der Waals surface area contributed by atoms with E-state index in [9.17, 15) is 9.59 Å². The molecule has 2 aromatic carbocycles. The van der Waals surface area contributed by atoms with Gasteiger partial charge in [0.05, 0.1) is 19.0 Å². The molecule has 1 unspecified atom stereocenters. The fourth-order valence-corrected chi connectivity index (χ4v) is 3.80. The molecule has 146 valence electrons. The van der Waals surface area contributed by atoms with Gasteiger partial charge in [0.25, 0.3) is 0 Å². The van der Waals surface area contributed by atoms with E-state index in [1.54, 1.807) is 0 Å². The van der Waals surface area contributed by atoms with Crippen LogP contribution in [0.2, 0.25) is 0 Å². The van der Waals surface area contributed by atoms with Crippen molar-refractivity contribution in [3.05, 3.63) is 59.7 Å². The smallest absolute Gasteiger partial charge is 0.242 e. The van der Waals surface area contributed by atoms with Gasteiger partial charge in [0.2, 0.25) is 11.8 Å². The Hall–Kier alpha value is -3.02. The monoisotopic (exact) mass is 380 g/mol. The lowest BCUT2D eigenvalue weighted by Gasteiger charge is -2.27. The summed E-state index contributed by atoms with van der Waals surface area (Å²) in [6.45, 7) is 1.82. The fraction of sp³-hybridized carbons (Fsp3) is 0.364. The molecule has 0 aromatic heterocycles. The van der Waals surface area contributed by atoms with Gasteiger partial charge in [-0.05, 0) is 36.1 Å². The Balaban J connectivity index is 1.36. The lowest BCUT2D eigenvalue weighted by atomic mass is 10.0. The van der Waals surface area contributed by atoms with Crippen molar-refractivity contribution in [2.24, 2.45) is 0 Å². The Morgan fingerprint density at radius 1 is 1.04 bits per heavy atom. The quantitative estimate of drug-likeness (QED) is 0.865. The molecule has 1 N–H and O–H groups in total. The molecular formula is C22H24N2O4. The van der Waals surface area contributed by atoms with E-state index in [0.29, 0.717) is 19.8 Å². The summed E-state index contributed by atoms with van der Waals surface area (Å²) in [6, 6.07) is 15.4. The lowest BCUT2D eigenvalue weighted by Crippen LogP contribution is -2.40. The molecule has 0 radical (unpaired) electrons. The second-order valence-corrected chi connectivity index (χ2v) is 7.09. The van der Waals surface area contributed by atoms with E-state index in [2.05, 4.69) is 5.32 Å². The highest BCUT2D eigenvalue weighted by Gasteiger charge is 2.30. The molecule has 2 aromatic rings. The third-order valence-corrected chi connectivity index (χ3v) is 5.17. The van der Waals surface area contributed by atoms with E-state index in [4.69, 9.17) is 9.47 Å². The molecule has 2 heterocycles. The van der Waals surface area contributed by atoms with Crippen molar-refractivity contribution in [2.75, 3.05) is 26.3 Å². The van der Waals surface area contributed by atoms with E-state index < -0.39 is 0 Å². The standard InChI is InChI=1S/C22H24N2O4/c25-21(13-16-5-2-1-3-6-16)23-15-22(26)24-10-4-7-18(24)17-8-9-19-20(14-17)28-12-11-27-19/h1-3,5-6,8-9,14,18H,4,7,10-13,15H2,(H,23,25). The van der Waals surface area contributed by atoms with Crippen molar-refractivity contribution in [2.45, 2.75) is 25.3 Å². The first-order valence-corrected chi connectivity index (χ1v) is 9.70. The van der Waals surface area contributed by atoms with Gasteiger partial charge in [-0.1, -0.05) is 36.4 Å². The number of benzene rings is 2. The lowest BCUT2D eigenvalue weighted by molar-refractivity contribution is -0.133. The van der Waals surface area contributed by atoms with E-state index >= 15 is 0 Å². The molecule has 28 heavy (non-hydrogen) atoms. The SMILES string of the molecule is O=C(Cc1ccccc1)NCC(=O)N1CCCC1c1ccc2c(c1)OCCO2. The first kappa shape index (κ1) is 18.3. The summed E-state index contributed by atoms with van der Waals surface area (Å²) in [5, 5.41) is 2.75. The number of amides is 2. The number of carbonyl (C=O) groups excluding carboxylic acids is 2. The minimum atomic E-state index is -0.144. The van der Waals surface area contributed by atoms with Crippen LogP contribution >= 0.6 is 0 Å². The summed E-state index contributed by atoms with van der Waals surface area (Å²) >= 11 is 0. The molecule has 1 fully saturated rings. The van der Waals surface area contributed by atoms with Crippen LogP contribution in [-0.4, -0.2) is 43.0 Å². The molecular weight excluding hydrogens is 356 g/mol. The summed E-state index contributed by atoms with van der Waals surface area (Å²) in [5.41, 5.74) is 1.98. The second-order valence-electron chi connectivity index (χ2n) is 7.09. The van der Waals surface area contributed by atoms with Gasteiger partial charge in [0.15, 0.2) is 11.5 Å². The van der Waals surface area contributed by atoms with E-state index in [1.165, 1.54) is 0 Å². The zero-order chi connectivity index (χ0) is 19.3. The van der Waals surface area contributed by atoms with Gasteiger partial charge in [0.1, 0.15) is 13.2 Å². The normalized spacial score (nSPS) is 18.0. The van der Waals surface area contributed by atoms with Crippen LogP contribution < -0.4 is 14.8 Å². The van der Waals surface area contributed by atoms with Crippen molar-refractivity contribution in [3.63, 3.8) is 0 Å². The van der Waals surface area contributed by atoms with Crippen molar-refractivity contribution < 1.29 is 19.1 Å². The molecule has 2 aliphatic heterocycles. The Morgan fingerprint density at radius 3 is 2.64 bits per heavy atom. The maximum absolute atomic E-state index is 12.7. The molecule has 0 spiro atoms. The highest BCUT2D eigenvalue weighted by Crippen LogP contribution is 2.38. The Morgan fingerprint density at radius 2 is 1.82 bits per heavy atom. The number of ether oxygens (including phenoxy) is 2. The summed E-state index contributed by atoms with van der Waals surface area (Å²) in [6.07, 6.45) is 2.13. The molecule has 0 saturated carbocycles. The van der Waals surface area contributed by atoms with Crippen LogP contribution in [0.15, 0.2) is 48.5 Å². The van der Waals surface area contributed by atoms with Crippen LogP contribution in [0.4, 0.5) is 0 Å².